The quantitative estimate of drug-likeness (QED) is 0.0263. The lowest BCUT2D eigenvalue weighted by atomic mass is 10.1. The highest BCUT2D eigenvalue weighted by molar-refractivity contribution is 5.70. The van der Waals surface area contributed by atoms with Crippen molar-refractivity contribution in [1.29, 1.82) is 0 Å². The number of aromatic nitrogens is 6. The Morgan fingerprint density at radius 1 is 0.408 bits per heavy atom. The van der Waals surface area contributed by atoms with Crippen LogP contribution in [0.1, 0.15) is 154 Å². The van der Waals surface area contributed by atoms with E-state index >= 15 is 0 Å². The molecule has 0 saturated heterocycles. The molecule has 2 rings (SSSR count). The maximum atomic E-state index is 12.2. The van der Waals surface area contributed by atoms with E-state index in [1.54, 1.807) is 0 Å². The highest BCUT2D eigenvalue weighted by atomic mass is 16.6. The lowest BCUT2D eigenvalue weighted by Crippen LogP contribution is -2.18. The zero-order chi connectivity index (χ0) is 50.9. The molecule has 0 amide bonds. The lowest BCUT2D eigenvalue weighted by molar-refractivity contribution is -0.147. The summed E-state index contributed by atoms with van der Waals surface area (Å²) in [4.78, 5) is 48.6. The molecule has 0 unspecified atom stereocenters. The topological polar surface area (TPSA) is 194 Å². The normalized spacial score (nSPS) is 12.0. The van der Waals surface area contributed by atoms with Gasteiger partial charge in [0.25, 0.3) is 0 Å². The molecule has 2 heterocycles. The molecule has 0 aliphatic carbocycles. The number of unbranched alkanes of at least 4 members (excludes halogenated alkanes) is 10. The number of esters is 4. The van der Waals surface area contributed by atoms with Crippen LogP contribution in [0.25, 0.3) is 0 Å². The number of carbonyl (C=O) groups excluding carboxylic acids is 4. The van der Waals surface area contributed by atoms with Gasteiger partial charge in [0.2, 0.25) is 0 Å². The molecule has 0 atom stereocenters. The number of carbonyl (C=O) groups is 4. The first-order chi connectivity index (χ1) is 34.9. The minimum Gasteiger partial charge on any atom is -0.462 e. The third kappa shape index (κ3) is 38.9. The highest BCUT2D eigenvalue weighted by Gasteiger charge is 2.11. The van der Waals surface area contributed by atoms with E-state index in [2.05, 4.69) is 83.1 Å². The molecule has 0 bridgehead atoms. The Balaban J connectivity index is 1.36. The molecule has 0 aliphatic rings. The summed E-state index contributed by atoms with van der Waals surface area (Å²) < 4.78 is 39.9. The van der Waals surface area contributed by atoms with Crippen LogP contribution in [0.4, 0.5) is 0 Å². The number of allylic oxidation sites excluding steroid dienone is 12. The van der Waals surface area contributed by atoms with E-state index in [4.69, 9.17) is 33.2 Å². The van der Waals surface area contributed by atoms with Crippen molar-refractivity contribution in [1.82, 2.24) is 30.0 Å². The fourth-order valence-electron chi connectivity index (χ4n) is 6.43. The first kappa shape index (κ1) is 61.6. The zero-order valence-corrected chi connectivity index (χ0v) is 42.9. The van der Waals surface area contributed by atoms with Crippen LogP contribution in [-0.2, 0) is 78.6 Å². The summed E-state index contributed by atoms with van der Waals surface area (Å²) in [5.74, 6) is -1.68. The molecule has 71 heavy (non-hydrogen) atoms. The van der Waals surface area contributed by atoms with E-state index in [9.17, 15) is 19.2 Å². The second kappa shape index (κ2) is 45.6. The molecule has 2 aromatic rings. The summed E-state index contributed by atoms with van der Waals surface area (Å²) >= 11 is 0. The molecule has 17 nitrogen and oxygen atoms in total. The summed E-state index contributed by atoms with van der Waals surface area (Å²) in [7, 11) is 0. The van der Waals surface area contributed by atoms with Crippen molar-refractivity contribution in [2.24, 2.45) is 0 Å². The summed E-state index contributed by atoms with van der Waals surface area (Å²) in [6.45, 7) is 5.85. The van der Waals surface area contributed by atoms with Gasteiger partial charge in [-0.25, -0.2) is 9.36 Å². The Hall–Kier alpha value is -5.52. The van der Waals surface area contributed by atoms with Gasteiger partial charge in [0, 0.05) is 12.8 Å². The SMILES string of the molecule is CCCCCCC/C=C/C/C=C/C/C=C/CCC(=O)OCc1cn(CC(=O)OCCOCCOCCOCCOC(=O)Cn2cc(COC(=O)CC/C=C/C/C=C/C/C=C/CCCCCCC)nn2)nn1. The van der Waals surface area contributed by atoms with E-state index in [1.807, 2.05) is 24.3 Å². The third-order valence-electron chi connectivity index (χ3n) is 10.3. The van der Waals surface area contributed by atoms with Gasteiger partial charge in [-0.2, -0.15) is 0 Å². The Bertz CT molecular complexity index is 1720. The van der Waals surface area contributed by atoms with E-state index < -0.39 is 11.9 Å². The minimum atomic E-state index is -0.508. The maximum Gasteiger partial charge on any atom is 0.327 e. The zero-order valence-electron chi connectivity index (χ0n) is 42.9. The molecule has 0 N–H and O–H groups in total. The van der Waals surface area contributed by atoms with Crippen LogP contribution >= 0.6 is 0 Å². The van der Waals surface area contributed by atoms with Crippen LogP contribution in [0.2, 0.25) is 0 Å². The Labute approximate surface area is 423 Å². The van der Waals surface area contributed by atoms with E-state index in [1.165, 1.54) is 86.0 Å². The van der Waals surface area contributed by atoms with Crippen LogP contribution in [0.3, 0.4) is 0 Å². The third-order valence-corrected chi connectivity index (χ3v) is 10.3. The van der Waals surface area contributed by atoms with Gasteiger partial charge in [-0.15, -0.1) is 10.2 Å². The van der Waals surface area contributed by atoms with Crippen LogP contribution < -0.4 is 0 Å². The second-order valence-corrected chi connectivity index (χ2v) is 16.7. The van der Waals surface area contributed by atoms with Gasteiger partial charge in [-0.3, -0.25) is 19.2 Å². The van der Waals surface area contributed by atoms with Gasteiger partial charge >= 0.3 is 23.9 Å². The van der Waals surface area contributed by atoms with Crippen LogP contribution in [0.15, 0.2) is 85.3 Å². The molecular formula is C54H84N6O11. The van der Waals surface area contributed by atoms with E-state index in [-0.39, 0.29) is 77.5 Å². The number of hydrogen-bond acceptors (Lipinski definition) is 15. The highest BCUT2D eigenvalue weighted by Crippen LogP contribution is 2.08. The molecule has 396 valence electrons. The van der Waals surface area contributed by atoms with Crippen molar-refractivity contribution in [3.8, 4) is 0 Å². The van der Waals surface area contributed by atoms with Gasteiger partial charge in [0.1, 0.15) is 50.9 Å². The first-order valence-electron chi connectivity index (χ1n) is 25.9. The second-order valence-electron chi connectivity index (χ2n) is 16.7. The number of nitrogens with zero attached hydrogens (tertiary/aromatic N) is 6. The molecule has 17 heteroatoms. The molecule has 0 aliphatic heterocycles. The maximum absolute atomic E-state index is 12.2. The van der Waals surface area contributed by atoms with Crippen LogP contribution in [0.5, 0.6) is 0 Å². The summed E-state index contributed by atoms with van der Waals surface area (Å²) in [6, 6.07) is 0. The van der Waals surface area contributed by atoms with Crippen molar-refractivity contribution in [3.05, 3.63) is 96.7 Å². The predicted octanol–water partition coefficient (Wildman–Crippen LogP) is 9.97. The molecule has 0 spiro atoms. The van der Waals surface area contributed by atoms with Gasteiger partial charge in [0.05, 0.1) is 52.0 Å². The van der Waals surface area contributed by atoms with E-state index in [0.29, 0.717) is 50.7 Å². The average Bonchev–Trinajstić information content (AvgIpc) is 4.02. The van der Waals surface area contributed by atoms with Crippen molar-refractivity contribution in [2.45, 2.75) is 169 Å². The van der Waals surface area contributed by atoms with Gasteiger partial charge in [-0.05, 0) is 64.2 Å². The number of hydrogen-bond donors (Lipinski definition) is 0. The summed E-state index contributed by atoms with van der Waals surface area (Å²) in [5, 5.41) is 15.7. The van der Waals surface area contributed by atoms with Gasteiger partial charge in [-0.1, -0.05) is 149 Å². The fraction of sp³-hybridized carbons (Fsp3) is 0.630. The van der Waals surface area contributed by atoms with Crippen LogP contribution in [0, 0.1) is 0 Å². The van der Waals surface area contributed by atoms with Gasteiger partial charge in [0.15, 0.2) is 0 Å². The largest absolute Gasteiger partial charge is 0.462 e. The van der Waals surface area contributed by atoms with Crippen molar-refractivity contribution < 1.29 is 52.3 Å². The average molecular weight is 993 g/mol. The smallest absolute Gasteiger partial charge is 0.327 e. The predicted molar refractivity (Wildman–Crippen MR) is 273 cm³/mol. The van der Waals surface area contributed by atoms with Crippen molar-refractivity contribution in [3.63, 3.8) is 0 Å². The van der Waals surface area contributed by atoms with Crippen molar-refractivity contribution in [2.75, 3.05) is 52.9 Å². The molecule has 0 saturated carbocycles. The Morgan fingerprint density at radius 3 is 1.13 bits per heavy atom. The van der Waals surface area contributed by atoms with Crippen molar-refractivity contribution >= 4 is 23.9 Å². The van der Waals surface area contributed by atoms with E-state index in [0.717, 1.165) is 38.5 Å². The minimum absolute atomic E-state index is 0.0308. The van der Waals surface area contributed by atoms with Gasteiger partial charge < -0.3 is 33.2 Å². The number of ether oxygens (including phenoxy) is 7. The molecule has 0 fully saturated rings. The van der Waals surface area contributed by atoms with Crippen LogP contribution in [-0.4, -0.2) is 107 Å². The Morgan fingerprint density at radius 2 is 0.746 bits per heavy atom. The molecular weight excluding hydrogens is 909 g/mol. The summed E-state index contributed by atoms with van der Waals surface area (Å²) in [6.07, 6.45) is 49.3. The Kier molecular flexibility index (Phi) is 39.6. The standard InChI is InChI=1S/C54H84N6O11/c1-3-5-7-9-11-13-15-17-19-21-23-25-27-29-31-33-51(61)70-47-49-43-59(57-55-49)45-53(63)68-41-39-66-37-35-65-36-38-67-40-42-69-54(64)46-60-44-50(56-58-60)48-71-52(62)34-32-30-28-26-24-22-20-18-16-14-12-10-8-6-4-2/h15-18,21-24,27-30,43-44H,3-14,19-20,25-26,31-42,45-48H2,1-2H3/b17-15+,18-16+,23-21+,24-22+,29-27+,30-28+. The monoisotopic (exact) mass is 993 g/mol. The first-order valence-corrected chi connectivity index (χ1v) is 25.9. The lowest BCUT2D eigenvalue weighted by Gasteiger charge is -2.08. The fourth-order valence-corrected chi connectivity index (χ4v) is 6.43. The number of rotatable bonds is 46. The molecule has 0 aromatic carbocycles. The summed E-state index contributed by atoms with van der Waals surface area (Å²) in [5.41, 5.74) is 0.858. The molecule has 2 aromatic heterocycles. The molecule has 0 radical (unpaired) electrons.